The molecule has 15 nitrogen and oxygen atoms in total. The number of ether oxygens (including phenoxy) is 2. The van der Waals surface area contributed by atoms with Crippen LogP contribution in [-0.2, 0) is 10.0 Å². The van der Waals surface area contributed by atoms with Crippen LogP contribution in [0.5, 0.6) is 17.4 Å². The van der Waals surface area contributed by atoms with Gasteiger partial charge in [0, 0.05) is 68.8 Å². The molecule has 17 heteroatoms. The molecule has 68 heavy (non-hydrogen) atoms. The number of nitrogens with zero attached hydrogens (tertiary/aromatic N) is 4. The number of nitro groups is 1. The number of fused-ring (bicyclic) bond motifs is 1. The van der Waals surface area contributed by atoms with Crippen molar-refractivity contribution in [3.8, 4) is 17.4 Å². The summed E-state index contributed by atoms with van der Waals surface area (Å²) in [7, 11) is -4.66. The van der Waals surface area contributed by atoms with E-state index >= 15 is 0 Å². The predicted molar refractivity (Wildman–Crippen MR) is 259 cm³/mol. The van der Waals surface area contributed by atoms with E-state index in [-0.39, 0.29) is 57.6 Å². The summed E-state index contributed by atoms with van der Waals surface area (Å²) in [6, 6.07) is 19.3. The fourth-order valence-corrected chi connectivity index (χ4v) is 12.1. The van der Waals surface area contributed by atoms with Crippen LogP contribution in [0.2, 0.25) is 0 Å². The van der Waals surface area contributed by atoms with Crippen molar-refractivity contribution in [1.82, 2.24) is 19.6 Å². The Labute approximate surface area is 397 Å². The number of benzene rings is 3. The maximum atomic E-state index is 14.9. The quantitative estimate of drug-likeness (QED) is 0.0575. The number of rotatable bonds is 15. The SMILES string of the molecule is CCOc1nc2[nH]cc(F)c2cc1Oc1cc(N2CCC3(CC2)CN([C@H]2CCC[C@H]2c2ccccc2C(C)C)C3)ccc1C(=O)NS(=O)(=O)c1ccc(NCC2CCC(C)(O)CC2)c([N+](=O)[O-])c1. The normalized spacial score (nSPS) is 22.9. The van der Waals surface area contributed by atoms with Crippen molar-refractivity contribution in [2.75, 3.05) is 49.5 Å². The number of nitro benzene ring substituents is 1. The van der Waals surface area contributed by atoms with Crippen molar-refractivity contribution in [1.29, 1.82) is 0 Å². The van der Waals surface area contributed by atoms with Crippen molar-refractivity contribution in [2.45, 2.75) is 114 Å². The fourth-order valence-electron chi connectivity index (χ4n) is 11.1. The number of carbonyl (C=O) groups excluding carboxylic acids is 1. The van der Waals surface area contributed by atoms with E-state index < -0.39 is 42.9 Å². The summed E-state index contributed by atoms with van der Waals surface area (Å²) in [6.07, 6.45) is 9.51. The van der Waals surface area contributed by atoms with E-state index in [0.717, 1.165) is 63.6 Å². The van der Waals surface area contributed by atoms with E-state index in [2.05, 4.69) is 67.9 Å². The molecule has 4 aliphatic rings. The minimum atomic E-state index is -4.66. The number of nitrogens with one attached hydrogen (secondary N) is 3. The predicted octanol–water partition coefficient (Wildman–Crippen LogP) is 9.63. The van der Waals surface area contributed by atoms with Crippen LogP contribution in [0, 0.1) is 27.3 Å². The van der Waals surface area contributed by atoms with E-state index in [1.54, 1.807) is 26.0 Å². The molecule has 4 N–H and O–H groups in total. The topological polar surface area (TPSA) is 192 Å². The Morgan fingerprint density at radius 3 is 2.49 bits per heavy atom. The molecule has 0 radical (unpaired) electrons. The van der Waals surface area contributed by atoms with Crippen molar-refractivity contribution in [3.05, 3.63) is 106 Å². The maximum Gasteiger partial charge on any atom is 0.293 e. The van der Waals surface area contributed by atoms with Gasteiger partial charge in [0.2, 0.25) is 0 Å². The third-order valence-electron chi connectivity index (χ3n) is 15.0. The molecule has 1 spiro atoms. The van der Waals surface area contributed by atoms with Gasteiger partial charge in [0.15, 0.2) is 5.75 Å². The summed E-state index contributed by atoms with van der Waals surface area (Å²) in [4.78, 5) is 37.4. The standard InChI is InChI=1S/C51H62FN7O8S/c1-5-66-49-46(27-40-41(52)29-54-47(40)55-49)67-45-25-34(57-23-21-51(22-24-57)30-58(31-51)43-12-8-11-38(43)37-10-7-6-9-36(37)32(2)3)13-15-39(45)48(60)56-68(64,65)35-14-16-42(44(26-35)59(62)63)53-28-33-17-19-50(4,61)20-18-33/h6-7,9-10,13-16,25-27,29,32-33,38,43,53,61H,5,8,11-12,17-24,28,30-31H2,1-4H3,(H,54,55)(H,56,60)/t33?,38-,43-,50?/m0/s1. The lowest BCUT2D eigenvalue weighted by Crippen LogP contribution is -2.63. The Bertz CT molecular complexity index is 2790. The number of aromatic nitrogens is 2. The highest BCUT2D eigenvalue weighted by Gasteiger charge is 2.49. The largest absolute Gasteiger partial charge is 0.475 e. The number of anilines is 2. The van der Waals surface area contributed by atoms with E-state index in [1.165, 1.54) is 60.9 Å². The van der Waals surface area contributed by atoms with Crippen LogP contribution < -0.4 is 24.4 Å². The van der Waals surface area contributed by atoms with E-state index in [1.807, 2.05) is 0 Å². The van der Waals surface area contributed by atoms with E-state index in [4.69, 9.17) is 9.47 Å². The molecule has 4 heterocycles. The van der Waals surface area contributed by atoms with Gasteiger partial charge >= 0.3 is 0 Å². The van der Waals surface area contributed by atoms with Gasteiger partial charge in [-0.15, -0.1) is 0 Å². The van der Waals surface area contributed by atoms with Gasteiger partial charge in [-0.2, -0.15) is 4.98 Å². The highest BCUT2D eigenvalue weighted by molar-refractivity contribution is 7.90. The number of piperidine rings is 1. The number of hydrogen-bond acceptors (Lipinski definition) is 12. The van der Waals surface area contributed by atoms with E-state index in [0.29, 0.717) is 37.3 Å². The smallest absolute Gasteiger partial charge is 0.293 e. The molecule has 2 aromatic heterocycles. The van der Waals surface area contributed by atoms with Crippen LogP contribution in [-0.4, -0.2) is 90.2 Å². The number of aromatic amines is 1. The summed E-state index contributed by atoms with van der Waals surface area (Å²) < 4.78 is 56.9. The average Bonchev–Trinajstić information content (AvgIpc) is 3.94. The number of amides is 1. The molecular formula is C51H62FN7O8S. The lowest BCUT2D eigenvalue weighted by molar-refractivity contribution is -0.384. The third-order valence-corrected chi connectivity index (χ3v) is 16.3. The van der Waals surface area contributed by atoms with Crippen LogP contribution in [0.1, 0.15) is 119 Å². The second-order valence-corrected chi connectivity index (χ2v) is 21.7. The molecule has 0 bridgehead atoms. The van der Waals surface area contributed by atoms with Gasteiger partial charge in [-0.05, 0) is 124 Å². The Morgan fingerprint density at radius 2 is 1.76 bits per heavy atom. The summed E-state index contributed by atoms with van der Waals surface area (Å²) in [5, 5.41) is 25.8. The van der Waals surface area contributed by atoms with Crippen LogP contribution in [0.15, 0.2) is 77.8 Å². The van der Waals surface area contributed by atoms with Crippen LogP contribution in [0.4, 0.5) is 21.5 Å². The van der Waals surface area contributed by atoms with Gasteiger partial charge in [-0.1, -0.05) is 44.5 Å². The monoisotopic (exact) mass is 951 g/mol. The number of pyridine rings is 1. The van der Waals surface area contributed by atoms with Crippen molar-refractivity contribution in [3.63, 3.8) is 0 Å². The van der Waals surface area contributed by atoms with Gasteiger partial charge in [0.05, 0.1) is 33.0 Å². The molecular weight excluding hydrogens is 890 g/mol. The average molecular weight is 952 g/mol. The van der Waals surface area contributed by atoms with Gasteiger partial charge in [-0.25, -0.2) is 17.5 Å². The van der Waals surface area contributed by atoms with Gasteiger partial charge in [0.1, 0.15) is 22.9 Å². The first-order valence-corrected chi connectivity index (χ1v) is 25.5. The number of carbonyl (C=O) groups is 1. The number of aliphatic hydroxyl groups is 1. The number of likely N-dealkylation sites (tertiary alicyclic amines) is 1. The highest BCUT2D eigenvalue weighted by Crippen LogP contribution is 2.49. The van der Waals surface area contributed by atoms with Crippen LogP contribution >= 0.6 is 0 Å². The molecule has 3 aromatic carbocycles. The van der Waals surface area contributed by atoms with Crippen molar-refractivity contribution < 1.29 is 37.1 Å². The Kier molecular flexibility index (Phi) is 13.2. The zero-order chi connectivity index (χ0) is 48.0. The Hall–Kier alpha value is -5.78. The molecule has 362 valence electrons. The minimum Gasteiger partial charge on any atom is -0.475 e. The van der Waals surface area contributed by atoms with Gasteiger partial charge in [0.25, 0.3) is 27.5 Å². The maximum absolute atomic E-state index is 14.9. The number of halogens is 1. The van der Waals surface area contributed by atoms with Crippen LogP contribution in [0.3, 0.4) is 0 Å². The molecule has 2 saturated heterocycles. The van der Waals surface area contributed by atoms with Crippen LogP contribution in [0.25, 0.3) is 11.0 Å². The summed E-state index contributed by atoms with van der Waals surface area (Å²) >= 11 is 0. The number of H-pyrrole nitrogens is 1. The molecule has 1 amide bonds. The Morgan fingerprint density at radius 1 is 1.01 bits per heavy atom. The zero-order valence-electron chi connectivity index (χ0n) is 39.2. The second-order valence-electron chi connectivity index (χ2n) is 20.0. The molecule has 4 fully saturated rings. The molecule has 9 rings (SSSR count). The number of hydrogen-bond donors (Lipinski definition) is 4. The summed E-state index contributed by atoms with van der Waals surface area (Å²) in [6.45, 7) is 12.4. The molecule has 2 aliphatic carbocycles. The van der Waals surface area contributed by atoms with Gasteiger partial charge in [-0.3, -0.25) is 19.8 Å². The van der Waals surface area contributed by atoms with Crippen molar-refractivity contribution in [2.24, 2.45) is 11.3 Å². The van der Waals surface area contributed by atoms with Gasteiger partial charge < -0.3 is 29.8 Å². The van der Waals surface area contributed by atoms with Crippen molar-refractivity contribution >= 4 is 44.0 Å². The summed E-state index contributed by atoms with van der Waals surface area (Å²) in [5.41, 5.74) is 2.96. The highest BCUT2D eigenvalue weighted by atomic mass is 32.2. The lowest BCUT2D eigenvalue weighted by Gasteiger charge is -2.57. The first kappa shape index (κ1) is 47.3. The molecule has 2 aliphatic heterocycles. The second kappa shape index (κ2) is 19.0. The summed E-state index contributed by atoms with van der Waals surface area (Å²) in [5.74, 6) is -0.387. The fraction of sp³-hybridized carbons (Fsp3) is 0.490. The number of sulfonamides is 1. The first-order valence-electron chi connectivity index (χ1n) is 24.0. The zero-order valence-corrected chi connectivity index (χ0v) is 40.0. The first-order chi connectivity index (χ1) is 32.5. The Balaban J connectivity index is 0.935. The molecule has 2 saturated carbocycles. The molecule has 5 aromatic rings. The lowest BCUT2D eigenvalue weighted by atomic mass is 9.70. The third kappa shape index (κ3) is 9.74. The minimum absolute atomic E-state index is 0.0117. The molecule has 2 atom stereocenters. The van der Waals surface area contributed by atoms with E-state index in [9.17, 15) is 32.8 Å². The molecule has 0 unspecified atom stereocenters.